The molecule has 3 nitrogen and oxygen atoms in total. The molecule has 0 radical (unpaired) electrons. The van der Waals surface area contributed by atoms with Crippen LogP contribution in [0.5, 0.6) is 0 Å². The number of aromatic nitrogens is 1. The zero-order valence-corrected chi connectivity index (χ0v) is 10.0. The van der Waals surface area contributed by atoms with Crippen molar-refractivity contribution >= 4 is 16.7 Å². The summed E-state index contributed by atoms with van der Waals surface area (Å²) >= 11 is 0. The molecule has 1 atom stereocenters. The number of nitrogens with zero attached hydrogens (tertiary/aromatic N) is 1. The van der Waals surface area contributed by atoms with Gasteiger partial charge in [-0.15, -0.1) is 0 Å². The first-order chi connectivity index (χ1) is 8.25. The number of benzene rings is 1. The zero-order chi connectivity index (χ0) is 11.7. The van der Waals surface area contributed by atoms with Crippen LogP contribution in [0.2, 0.25) is 0 Å². The Balaban J connectivity index is 1.90. The molecule has 1 aliphatic rings. The largest absolute Gasteiger partial charge is 0.364 e. The van der Waals surface area contributed by atoms with Crippen LogP contribution in [0.15, 0.2) is 36.4 Å². The highest BCUT2D eigenvalue weighted by atomic mass is 15.1. The fourth-order valence-electron chi connectivity index (χ4n) is 2.37. The minimum absolute atomic E-state index is 0.134. The van der Waals surface area contributed by atoms with Crippen LogP contribution in [0.3, 0.4) is 0 Å². The highest BCUT2D eigenvalue weighted by molar-refractivity contribution is 5.80. The monoisotopic (exact) mass is 227 g/mol. The highest BCUT2D eigenvalue weighted by Crippen LogP contribution is 2.21. The van der Waals surface area contributed by atoms with Gasteiger partial charge in [0.25, 0.3) is 0 Å². The van der Waals surface area contributed by atoms with E-state index in [1.807, 2.05) is 12.1 Å². The Morgan fingerprint density at radius 3 is 2.94 bits per heavy atom. The normalized spacial score (nSPS) is 24.1. The molecule has 2 aromatic rings. The van der Waals surface area contributed by atoms with E-state index in [1.165, 1.54) is 5.39 Å². The molecule has 88 valence electrons. The average Bonchev–Trinajstić information content (AvgIpc) is 2.76. The van der Waals surface area contributed by atoms with Crippen LogP contribution in [0.4, 0.5) is 5.82 Å². The van der Waals surface area contributed by atoms with Crippen LogP contribution in [0, 0.1) is 0 Å². The molecule has 0 aliphatic carbocycles. The SMILES string of the molecule is CC1(Nc2ccc3ccccc3n2)CCNC1. The Bertz CT molecular complexity index is 530. The summed E-state index contributed by atoms with van der Waals surface area (Å²) in [5, 5.41) is 8.10. The average molecular weight is 227 g/mol. The number of rotatable bonds is 2. The van der Waals surface area contributed by atoms with Crippen LogP contribution in [-0.4, -0.2) is 23.6 Å². The van der Waals surface area contributed by atoms with E-state index >= 15 is 0 Å². The van der Waals surface area contributed by atoms with E-state index in [1.54, 1.807) is 0 Å². The molecule has 2 N–H and O–H groups in total. The Hall–Kier alpha value is -1.61. The van der Waals surface area contributed by atoms with Gasteiger partial charge in [-0.2, -0.15) is 0 Å². The van der Waals surface area contributed by atoms with Crippen molar-refractivity contribution in [2.24, 2.45) is 0 Å². The summed E-state index contributed by atoms with van der Waals surface area (Å²) in [4.78, 5) is 4.65. The molecule has 1 aromatic heterocycles. The van der Waals surface area contributed by atoms with E-state index in [9.17, 15) is 0 Å². The van der Waals surface area contributed by atoms with Crippen molar-refractivity contribution in [3.05, 3.63) is 36.4 Å². The van der Waals surface area contributed by atoms with E-state index < -0.39 is 0 Å². The standard InChI is InChI=1S/C14H17N3/c1-14(8-9-15-10-14)17-13-7-6-11-4-2-3-5-12(11)16-13/h2-7,15H,8-10H2,1H3,(H,16,17). The van der Waals surface area contributed by atoms with Crippen molar-refractivity contribution in [2.45, 2.75) is 18.9 Å². The van der Waals surface area contributed by atoms with Gasteiger partial charge >= 0.3 is 0 Å². The van der Waals surface area contributed by atoms with Gasteiger partial charge in [0.15, 0.2) is 0 Å². The van der Waals surface area contributed by atoms with Crippen LogP contribution in [0.1, 0.15) is 13.3 Å². The van der Waals surface area contributed by atoms with Gasteiger partial charge < -0.3 is 10.6 Å². The third-order valence-corrected chi connectivity index (χ3v) is 3.40. The van der Waals surface area contributed by atoms with Gasteiger partial charge in [0.1, 0.15) is 5.82 Å². The third kappa shape index (κ3) is 2.11. The quantitative estimate of drug-likeness (QED) is 0.827. The molecule has 1 saturated heterocycles. The summed E-state index contributed by atoms with van der Waals surface area (Å²) in [5.74, 6) is 0.968. The summed E-state index contributed by atoms with van der Waals surface area (Å²) < 4.78 is 0. The Labute approximate surface area is 101 Å². The second kappa shape index (κ2) is 4.00. The van der Waals surface area contributed by atoms with Crippen LogP contribution >= 0.6 is 0 Å². The smallest absolute Gasteiger partial charge is 0.127 e. The molecule has 3 rings (SSSR count). The number of anilines is 1. The lowest BCUT2D eigenvalue weighted by Crippen LogP contribution is -2.37. The molecule has 2 heterocycles. The van der Waals surface area contributed by atoms with E-state index in [4.69, 9.17) is 0 Å². The highest BCUT2D eigenvalue weighted by Gasteiger charge is 2.28. The summed E-state index contributed by atoms with van der Waals surface area (Å²) in [6, 6.07) is 12.4. The lowest BCUT2D eigenvalue weighted by Gasteiger charge is -2.25. The molecule has 0 saturated carbocycles. The predicted molar refractivity (Wildman–Crippen MR) is 71.3 cm³/mol. The molecule has 1 fully saturated rings. The molecule has 17 heavy (non-hydrogen) atoms. The Kier molecular flexibility index (Phi) is 2.48. The number of fused-ring (bicyclic) bond motifs is 1. The summed E-state index contributed by atoms with van der Waals surface area (Å²) in [6.45, 7) is 4.32. The molecule has 0 amide bonds. The number of hydrogen-bond acceptors (Lipinski definition) is 3. The molecule has 3 heteroatoms. The van der Waals surface area contributed by atoms with Gasteiger partial charge in [0.05, 0.1) is 5.52 Å². The molecule has 1 aromatic carbocycles. The second-order valence-corrected chi connectivity index (χ2v) is 5.00. The third-order valence-electron chi connectivity index (χ3n) is 3.40. The lowest BCUT2D eigenvalue weighted by molar-refractivity contribution is 0.564. The summed E-state index contributed by atoms with van der Waals surface area (Å²) in [6.07, 6.45) is 1.14. The van der Waals surface area contributed by atoms with Crippen molar-refractivity contribution in [1.29, 1.82) is 0 Å². The first-order valence-electron chi connectivity index (χ1n) is 6.10. The summed E-state index contributed by atoms with van der Waals surface area (Å²) in [7, 11) is 0. The fourth-order valence-corrected chi connectivity index (χ4v) is 2.37. The molecular formula is C14H17N3. The number of para-hydroxylation sites is 1. The number of hydrogen-bond donors (Lipinski definition) is 2. The number of pyridine rings is 1. The van der Waals surface area contributed by atoms with Gasteiger partial charge in [-0.05, 0) is 38.1 Å². The first-order valence-corrected chi connectivity index (χ1v) is 6.10. The van der Waals surface area contributed by atoms with Crippen molar-refractivity contribution in [1.82, 2.24) is 10.3 Å². The van der Waals surface area contributed by atoms with Crippen LogP contribution < -0.4 is 10.6 Å². The van der Waals surface area contributed by atoms with E-state index in [-0.39, 0.29) is 5.54 Å². The fraction of sp³-hybridized carbons (Fsp3) is 0.357. The van der Waals surface area contributed by atoms with Crippen molar-refractivity contribution in [3.8, 4) is 0 Å². The van der Waals surface area contributed by atoms with E-state index in [0.717, 1.165) is 30.8 Å². The van der Waals surface area contributed by atoms with Crippen molar-refractivity contribution in [3.63, 3.8) is 0 Å². The minimum atomic E-state index is 0.134. The Morgan fingerprint density at radius 2 is 2.12 bits per heavy atom. The van der Waals surface area contributed by atoms with Crippen molar-refractivity contribution < 1.29 is 0 Å². The van der Waals surface area contributed by atoms with E-state index in [0.29, 0.717) is 0 Å². The predicted octanol–water partition coefficient (Wildman–Crippen LogP) is 2.40. The Morgan fingerprint density at radius 1 is 1.24 bits per heavy atom. The number of nitrogens with one attached hydrogen (secondary N) is 2. The van der Waals surface area contributed by atoms with Gasteiger partial charge in [-0.1, -0.05) is 18.2 Å². The van der Waals surface area contributed by atoms with Crippen molar-refractivity contribution in [2.75, 3.05) is 18.4 Å². The van der Waals surface area contributed by atoms with Gasteiger partial charge in [0.2, 0.25) is 0 Å². The van der Waals surface area contributed by atoms with Crippen LogP contribution in [-0.2, 0) is 0 Å². The first kappa shape index (κ1) is 10.5. The molecular weight excluding hydrogens is 210 g/mol. The summed E-state index contributed by atoms with van der Waals surface area (Å²) in [5.41, 5.74) is 1.18. The van der Waals surface area contributed by atoms with Gasteiger partial charge in [0, 0.05) is 17.5 Å². The van der Waals surface area contributed by atoms with Gasteiger partial charge in [-0.3, -0.25) is 0 Å². The van der Waals surface area contributed by atoms with Crippen LogP contribution in [0.25, 0.3) is 10.9 Å². The molecule has 1 aliphatic heterocycles. The maximum absolute atomic E-state index is 4.65. The molecule has 0 bridgehead atoms. The molecule has 0 spiro atoms. The minimum Gasteiger partial charge on any atom is -0.364 e. The topological polar surface area (TPSA) is 37.0 Å². The molecule has 1 unspecified atom stereocenters. The zero-order valence-electron chi connectivity index (χ0n) is 10.0. The van der Waals surface area contributed by atoms with Gasteiger partial charge in [-0.25, -0.2) is 4.98 Å². The lowest BCUT2D eigenvalue weighted by atomic mass is 10.0. The maximum atomic E-state index is 4.65. The maximum Gasteiger partial charge on any atom is 0.127 e. The second-order valence-electron chi connectivity index (χ2n) is 5.00. The van der Waals surface area contributed by atoms with E-state index in [2.05, 4.69) is 46.8 Å².